The van der Waals surface area contributed by atoms with E-state index in [9.17, 15) is 105 Å². The molecule has 1 aliphatic rings. The van der Waals surface area contributed by atoms with Gasteiger partial charge in [-0.05, 0) is 71.3 Å². The van der Waals surface area contributed by atoms with Gasteiger partial charge in [-0.25, -0.2) is 0 Å². The smallest absolute Gasteiger partial charge is 0.305 e. The van der Waals surface area contributed by atoms with E-state index >= 15 is 0 Å². The predicted octanol–water partition coefficient (Wildman–Crippen LogP) is 14.6. The number of para-hydroxylation sites is 2. The zero-order valence-electron chi connectivity index (χ0n) is 32.3. The van der Waals surface area contributed by atoms with Crippen molar-refractivity contribution >= 4 is 56.9 Å². The molecule has 0 amide bonds. The summed E-state index contributed by atoms with van der Waals surface area (Å²) in [5.74, 6) is 0. The summed E-state index contributed by atoms with van der Waals surface area (Å²) >= 11 is 0. The Bertz CT molecular complexity index is 2400. The van der Waals surface area contributed by atoms with E-state index in [2.05, 4.69) is 0 Å². The highest BCUT2D eigenvalue weighted by Crippen LogP contribution is 2.47. The van der Waals surface area contributed by atoms with Gasteiger partial charge in [-0.15, -0.1) is 105 Å². The van der Waals surface area contributed by atoms with Gasteiger partial charge in [0, 0.05) is 53.9 Å². The van der Waals surface area contributed by atoms with Gasteiger partial charge in [0.15, 0.2) is 0 Å². The zero-order valence-corrected chi connectivity index (χ0v) is 32.3. The van der Waals surface area contributed by atoms with Crippen LogP contribution in [0.5, 0.6) is 0 Å². The molecule has 4 aromatic rings. The molecular formula is C38H20F24N6+2. The van der Waals surface area contributed by atoms with E-state index in [4.69, 9.17) is 0 Å². The zero-order chi connectivity index (χ0) is 51.4. The Kier molecular flexibility index (Phi) is 13.6. The number of anilines is 6. The second kappa shape index (κ2) is 17.7. The largest absolute Gasteiger partial charge is 0.640 e. The third-order valence-corrected chi connectivity index (χ3v) is 8.86. The number of hydrogen-bond donors (Lipinski definition) is 0. The van der Waals surface area contributed by atoms with Gasteiger partial charge in [-0.3, -0.25) is 0 Å². The van der Waals surface area contributed by atoms with Gasteiger partial charge in [-0.1, -0.05) is 12.1 Å². The predicted molar refractivity (Wildman–Crippen MR) is 193 cm³/mol. The van der Waals surface area contributed by atoms with Crippen LogP contribution < -0.4 is 24.2 Å². The van der Waals surface area contributed by atoms with Crippen molar-refractivity contribution in [1.82, 2.24) is 4.58 Å². The molecule has 30 heteroatoms. The molecule has 0 radical (unpaired) electrons. The fourth-order valence-corrected chi connectivity index (χ4v) is 6.45. The summed E-state index contributed by atoms with van der Waals surface area (Å²) in [7, 11) is 0. The average molecular weight is 1020 g/mol. The normalized spacial score (nSPS) is 14.3. The van der Waals surface area contributed by atoms with Crippen molar-refractivity contribution < 1.29 is 110 Å². The van der Waals surface area contributed by atoms with Crippen LogP contribution >= 0.6 is 0 Å². The van der Waals surface area contributed by atoms with Crippen molar-refractivity contribution in [2.24, 2.45) is 0 Å². The van der Waals surface area contributed by atoms with Gasteiger partial charge in [0.1, 0.15) is 5.69 Å². The molecule has 0 saturated carbocycles. The number of allylic oxidation sites excluding steroid dienone is 4. The highest BCUT2D eigenvalue weighted by atomic mass is 19.5. The van der Waals surface area contributed by atoms with Crippen molar-refractivity contribution in [1.29, 1.82) is 0 Å². The van der Waals surface area contributed by atoms with Crippen LogP contribution in [0.1, 0.15) is 0 Å². The van der Waals surface area contributed by atoms with E-state index in [1.165, 1.54) is 0 Å². The lowest BCUT2D eigenvalue weighted by Crippen LogP contribution is -2.48. The Morgan fingerprint density at radius 3 is 0.897 bits per heavy atom. The Balaban J connectivity index is 1.86. The quantitative estimate of drug-likeness (QED) is 0.0758. The Morgan fingerprint density at radius 2 is 0.588 bits per heavy atom. The summed E-state index contributed by atoms with van der Waals surface area (Å²) in [6, 6.07) is 8.38. The number of nitrogens with zero attached hydrogens (tertiary/aromatic N) is 6. The van der Waals surface area contributed by atoms with Gasteiger partial charge in [0.2, 0.25) is 22.8 Å². The first-order chi connectivity index (χ1) is 30.8. The van der Waals surface area contributed by atoms with Gasteiger partial charge in [0.05, 0.1) is 17.1 Å². The van der Waals surface area contributed by atoms with Crippen LogP contribution in [0.15, 0.2) is 121 Å². The molecule has 0 aromatic heterocycles. The third kappa shape index (κ3) is 11.5. The van der Waals surface area contributed by atoms with E-state index in [0.717, 1.165) is 33.7 Å². The molecule has 0 spiro atoms. The molecule has 0 N–H and O–H groups in total. The molecule has 0 heterocycles. The maximum absolute atomic E-state index is 13.6. The molecule has 0 atom stereocenters. The lowest BCUT2D eigenvalue weighted by Gasteiger charge is -2.31. The van der Waals surface area contributed by atoms with Crippen LogP contribution in [0, 0.1) is 0 Å². The second-order valence-electron chi connectivity index (χ2n) is 13.3. The van der Waals surface area contributed by atoms with Gasteiger partial charge in [0.25, 0.3) is 0 Å². The summed E-state index contributed by atoms with van der Waals surface area (Å²) in [6.07, 6.45) is -47.6. The topological polar surface area (TPSA) is 19.0 Å². The fraction of sp³-hybridized carbons (Fsp3) is 0.211. The van der Waals surface area contributed by atoms with Crippen LogP contribution in [0.3, 0.4) is 0 Å². The molecule has 4 aromatic carbocycles. The highest BCUT2D eigenvalue weighted by molar-refractivity contribution is 6.18. The van der Waals surface area contributed by atoms with Crippen molar-refractivity contribution in [2.45, 2.75) is 50.4 Å². The standard InChI is InChI=1S/C38H20F24N6/c39-31(40,41)65(32(42,43)44)25-13-5-21(6-14-25)63(22-7-15-26(16-8-22)66(33(45,46)47)34(48,49)50)29-3-1-2-4-30(29)64(23-9-17-27(18-10-23)67(35(51,52)53)36(54,55)56)24-11-19-28(20-12-24)68(37(57,58)59)38(60,61)62/h1-20H/q+2. The van der Waals surface area contributed by atoms with Gasteiger partial charge >= 0.3 is 50.4 Å². The van der Waals surface area contributed by atoms with E-state index in [1.807, 2.05) is 0 Å². The van der Waals surface area contributed by atoms with Crippen LogP contribution in [0.2, 0.25) is 0 Å². The summed E-state index contributed by atoms with van der Waals surface area (Å²) < 4.78 is 325. The molecule has 0 saturated heterocycles. The minimum atomic E-state index is -6.13. The van der Waals surface area contributed by atoms with Crippen LogP contribution in [-0.2, 0) is 0 Å². The molecule has 5 rings (SSSR count). The van der Waals surface area contributed by atoms with Crippen LogP contribution in [0.25, 0.3) is 0 Å². The van der Waals surface area contributed by atoms with Gasteiger partial charge in [-0.2, -0.15) is 19.3 Å². The molecule has 0 aliphatic heterocycles. The van der Waals surface area contributed by atoms with E-state index in [1.54, 1.807) is 0 Å². The van der Waals surface area contributed by atoms with Crippen molar-refractivity contribution in [2.75, 3.05) is 19.6 Å². The Hall–Kier alpha value is -6.78. The summed E-state index contributed by atoms with van der Waals surface area (Å²) in [6.45, 7) is 0. The molecule has 368 valence electrons. The number of alkyl halides is 24. The minimum Gasteiger partial charge on any atom is -0.305 e. The van der Waals surface area contributed by atoms with E-state index in [-0.39, 0.29) is 48.6 Å². The highest BCUT2D eigenvalue weighted by Gasteiger charge is 2.62. The van der Waals surface area contributed by atoms with Crippen LogP contribution in [0.4, 0.5) is 151 Å². The summed E-state index contributed by atoms with van der Waals surface area (Å²) in [5.41, 5.74) is -9.93. The lowest BCUT2D eigenvalue weighted by atomic mass is 10.1. The molecular weight excluding hydrogens is 996 g/mol. The molecule has 0 fully saturated rings. The number of rotatable bonds is 8. The first kappa shape index (κ1) is 52.2. The maximum atomic E-state index is 13.6. The molecule has 6 nitrogen and oxygen atoms in total. The third-order valence-electron chi connectivity index (χ3n) is 8.86. The monoisotopic (exact) mass is 1020 g/mol. The summed E-state index contributed by atoms with van der Waals surface area (Å²) in [4.78, 5) is -5.18. The Labute approximate surface area is 363 Å². The molecule has 1 aliphatic carbocycles. The molecule has 68 heavy (non-hydrogen) atoms. The van der Waals surface area contributed by atoms with E-state index < -0.39 is 127 Å². The first-order valence-corrected chi connectivity index (χ1v) is 17.7. The fourth-order valence-electron chi connectivity index (χ4n) is 6.45. The number of benzene rings is 4. The van der Waals surface area contributed by atoms with E-state index in [0.29, 0.717) is 48.6 Å². The lowest BCUT2D eigenvalue weighted by molar-refractivity contribution is -0.826. The van der Waals surface area contributed by atoms with Crippen molar-refractivity contribution in [3.63, 3.8) is 0 Å². The minimum absolute atomic E-state index is 0.199. The van der Waals surface area contributed by atoms with Crippen molar-refractivity contribution in [3.8, 4) is 0 Å². The van der Waals surface area contributed by atoms with Crippen LogP contribution in [-0.4, -0.2) is 66.4 Å². The second-order valence-corrected chi connectivity index (χ2v) is 13.3. The SMILES string of the molecule is FC(F)(F)N(c1ccc(N(c2ccc(N(C(F)(F)F)C(F)(F)F)cc2)c2ccccc2[N+](=C2C=CC(=[N+](C(F)(F)F)C(F)(F)F)C=C2)c2ccc(N(C(F)(F)F)C(F)(F)F)cc2)cc1)C(F)(F)F. The number of halogens is 24. The maximum Gasteiger partial charge on any atom is 0.640 e. The summed E-state index contributed by atoms with van der Waals surface area (Å²) in [5, 5.41) is 0. The van der Waals surface area contributed by atoms with Gasteiger partial charge < -0.3 is 4.90 Å². The Morgan fingerprint density at radius 1 is 0.309 bits per heavy atom. The molecule has 0 bridgehead atoms. The number of hydrogen-bond acceptors (Lipinski definition) is 4. The average Bonchev–Trinajstić information content (AvgIpc) is 3.14. The molecule has 0 unspecified atom stereocenters. The first-order valence-electron chi connectivity index (χ1n) is 17.7. The van der Waals surface area contributed by atoms with Crippen molar-refractivity contribution in [3.05, 3.63) is 121 Å².